The van der Waals surface area contributed by atoms with Gasteiger partial charge in [0, 0.05) is 11.3 Å². The Labute approximate surface area is 150 Å². The number of para-hydroxylation sites is 2. The second-order valence-corrected chi connectivity index (χ2v) is 5.94. The highest BCUT2D eigenvalue weighted by Gasteiger charge is 2.06. The first-order valence-electron chi connectivity index (χ1n) is 8.25. The van der Waals surface area contributed by atoms with Crippen LogP contribution in [0.2, 0.25) is 0 Å². The van der Waals surface area contributed by atoms with Crippen LogP contribution in [0.1, 0.15) is 15.9 Å². The first-order chi connectivity index (χ1) is 12.7. The average molecular weight is 340 g/mol. The summed E-state index contributed by atoms with van der Waals surface area (Å²) in [5, 5.41) is 9.47. The summed E-state index contributed by atoms with van der Waals surface area (Å²) in [6.07, 6.45) is 4.99. The molecule has 0 saturated carbocycles. The number of rotatable bonds is 4. The topological polar surface area (TPSA) is 55.1 Å². The Balaban J connectivity index is 1.57. The summed E-state index contributed by atoms with van der Waals surface area (Å²) in [7, 11) is 0. The highest BCUT2D eigenvalue weighted by Crippen LogP contribution is 2.19. The molecule has 4 rings (SSSR count). The zero-order valence-corrected chi connectivity index (χ0v) is 13.9. The number of carbonyl (C=O) groups excluding carboxylic acids is 1. The van der Waals surface area contributed by atoms with Crippen molar-refractivity contribution >= 4 is 22.9 Å². The molecule has 1 heterocycles. The number of phenols is 1. The normalized spacial score (nSPS) is 11.2. The number of carbonyl (C=O) groups is 1. The number of benzene rings is 3. The SMILES string of the molecule is O=C(C=Cc1cccc(O)c1)c1ccc(-n2cnc3ccccc32)cc1. The van der Waals surface area contributed by atoms with Gasteiger partial charge in [-0.15, -0.1) is 0 Å². The molecule has 0 amide bonds. The number of imidazole rings is 1. The molecule has 0 aliphatic heterocycles. The van der Waals surface area contributed by atoms with Crippen molar-refractivity contribution in [1.82, 2.24) is 9.55 Å². The summed E-state index contributed by atoms with van der Waals surface area (Å²) < 4.78 is 1.99. The molecule has 4 heteroatoms. The van der Waals surface area contributed by atoms with E-state index in [0.29, 0.717) is 5.56 Å². The van der Waals surface area contributed by atoms with Crippen LogP contribution in [-0.4, -0.2) is 20.4 Å². The summed E-state index contributed by atoms with van der Waals surface area (Å²) in [5.41, 5.74) is 4.29. The molecule has 1 N–H and O–H groups in total. The second kappa shape index (κ2) is 6.69. The maximum absolute atomic E-state index is 12.3. The molecule has 0 radical (unpaired) electrons. The highest BCUT2D eigenvalue weighted by atomic mass is 16.3. The number of fused-ring (bicyclic) bond motifs is 1. The van der Waals surface area contributed by atoms with Crippen LogP contribution in [0.5, 0.6) is 5.75 Å². The van der Waals surface area contributed by atoms with Crippen molar-refractivity contribution in [1.29, 1.82) is 0 Å². The summed E-state index contributed by atoms with van der Waals surface area (Å²) in [4.78, 5) is 16.7. The number of hydrogen-bond acceptors (Lipinski definition) is 3. The minimum atomic E-state index is -0.0876. The molecule has 1 aromatic heterocycles. The molecule has 26 heavy (non-hydrogen) atoms. The van der Waals surface area contributed by atoms with E-state index in [4.69, 9.17) is 0 Å². The van der Waals surface area contributed by atoms with Gasteiger partial charge in [0.25, 0.3) is 0 Å². The molecule has 0 spiro atoms. The van der Waals surface area contributed by atoms with Gasteiger partial charge in [-0.05, 0) is 60.2 Å². The summed E-state index contributed by atoms with van der Waals surface area (Å²) in [5.74, 6) is 0.0897. The molecular formula is C22H16N2O2. The van der Waals surface area contributed by atoms with Crippen LogP contribution in [0.3, 0.4) is 0 Å². The molecule has 4 aromatic rings. The first-order valence-corrected chi connectivity index (χ1v) is 8.25. The van der Waals surface area contributed by atoms with Gasteiger partial charge >= 0.3 is 0 Å². The highest BCUT2D eigenvalue weighted by molar-refractivity contribution is 6.06. The van der Waals surface area contributed by atoms with Crippen molar-refractivity contribution in [3.05, 3.63) is 96.3 Å². The van der Waals surface area contributed by atoms with E-state index in [0.717, 1.165) is 22.3 Å². The van der Waals surface area contributed by atoms with E-state index in [1.165, 1.54) is 6.08 Å². The Kier molecular flexibility index (Phi) is 4.07. The lowest BCUT2D eigenvalue weighted by molar-refractivity contribution is 0.104. The van der Waals surface area contributed by atoms with Crippen LogP contribution in [0.15, 0.2) is 85.2 Å². The van der Waals surface area contributed by atoms with Gasteiger partial charge in [-0.25, -0.2) is 4.98 Å². The van der Waals surface area contributed by atoms with Crippen molar-refractivity contribution < 1.29 is 9.90 Å². The third-order valence-electron chi connectivity index (χ3n) is 4.18. The number of allylic oxidation sites excluding steroid dienone is 1. The van der Waals surface area contributed by atoms with E-state index in [2.05, 4.69) is 4.98 Å². The van der Waals surface area contributed by atoms with Gasteiger partial charge in [-0.1, -0.05) is 30.3 Å². The monoisotopic (exact) mass is 340 g/mol. The van der Waals surface area contributed by atoms with Crippen molar-refractivity contribution in [2.24, 2.45) is 0 Å². The van der Waals surface area contributed by atoms with Crippen LogP contribution in [0, 0.1) is 0 Å². The number of hydrogen-bond donors (Lipinski definition) is 1. The zero-order valence-electron chi connectivity index (χ0n) is 13.9. The van der Waals surface area contributed by atoms with E-state index in [1.54, 1.807) is 42.7 Å². The third kappa shape index (κ3) is 3.13. The Morgan fingerprint density at radius 1 is 0.962 bits per heavy atom. The van der Waals surface area contributed by atoms with Gasteiger partial charge in [0.15, 0.2) is 5.78 Å². The number of ketones is 1. The molecule has 0 aliphatic rings. The van der Waals surface area contributed by atoms with Crippen molar-refractivity contribution in [2.75, 3.05) is 0 Å². The van der Waals surface area contributed by atoms with Gasteiger partial charge in [0.05, 0.1) is 11.0 Å². The quantitative estimate of drug-likeness (QED) is 0.435. The largest absolute Gasteiger partial charge is 0.508 e. The van der Waals surface area contributed by atoms with Crippen molar-refractivity contribution in [2.45, 2.75) is 0 Å². The summed E-state index contributed by atoms with van der Waals surface area (Å²) >= 11 is 0. The van der Waals surface area contributed by atoms with Crippen LogP contribution < -0.4 is 0 Å². The lowest BCUT2D eigenvalue weighted by Gasteiger charge is -2.05. The standard InChI is InChI=1S/C22H16N2O2/c25-19-5-3-4-16(14-19)8-13-22(26)17-9-11-18(12-10-17)24-15-23-20-6-1-2-7-21(20)24/h1-15,25H. The maximum Gasteiger partial charge on any atom is 0.185 e. The summed E-state index contributed by atoms with van der Waals surface area (Å²) in [6, 6.07) is 22.1. The average Bonchev–Trinajstić information content (AvgIpc) is 3.10. The molecule has 0 bridgehead atoms. The summed E-state index contributed by atoms with van der Waals surface area (Å²) in [6.45, 7) is 0. The molecule has 0 atom stereocenters. The van der Waals surface area contributed by atoms with Gasteiger partial charge < -0.3 is 5.11 Å². The molecule has 4 nitrogen and oxygen atoms in total. The Morgan fingerprint density at radius 2 is 1.77 bits per heavy atom. The number of aromatic nitrogens is 2. The van der Waals surface area contributed by atoms with Gasteiger partial charge in [-0.3, -0.25) is 9.36 Å². The van der Waals surface area contributed by atoms with Gasteiger partial charge in [-0.2, -0.15) is 0 Å². The van der Waals surface area contributed by atoms with Gasteiger partial charge in [0.2, 0.25) is 0 Å². The van der Waals surface area contributed by atoms with Gasteiger partial charge in [0.1, 0.15) is 12.1 Å². The predicted molar refractivity (Wildman–Crippen MR) is 103 cm³/mol. The molecule has 0 saturated heterocycles. The second-order valence-electron chi connectivity index (χ2n) is 5.94. The molecule has 0 aliphatic carbocycles. The molecule has 0 fully saturated rings. The molecule has 0 unspecified atom stereocenters. The third-order valence-corrected chi connectivity index (χ3v) is 4.18. The van der Waals surface area contributed by atoms with E-state index < -0.39 is 0 Å². The zero-order chi connectivity index (χ0) is 17.9. The smallest absolute Gasteiger partial charge is 0.185 e. The Hall–Kier alpha value is -3.66. The minimum absolute atomic E-state index is 0.0876. The van der Waals surface area contributed by atoms with E-state index in [1.807, 2.05) is 47.0 Å². The fraction of sp³-hybridized carbons (Fsp3) is 0. The van der Waals surface area contributed by atoms with Crippen molar-refractivity contribution in [3.8, 4) is 11.4 Å². The van der Waals surface area contributed by atoms with Crippen LogP contribution in [0.4, 0.5) is 0 Å². The lowest BCUT2D eigenvalue weighted by Crippen LogP contribution is -1.96. The van der Waals surface area contributed by atoms with E-state index in [9.17, 15) is 9.90 Å². The van der Waals surface area contributed by atoms with Crippen LogP contribution in [0.25, 0.3) is 22.8 Å². The van der Waals surface area contributed by atoms with Crippen molar-refractivity contribution in [3.63, 3.8) is 0 Å². The van der Waals surface area contributed by atoms with Crippen LogP contribution in [-0.2, 0) is 0 Å². The number of phenolic OH excluding ortho intramolecular Hbond substituents is 1. The fourth-order valence-corrected chi connectivity index (χ4v) is 2.85. The number of aromatic hydroxyl groups is 1. The van der Waals surface area contributed by atoms with Crippen LogP contribution >= 0.6 is 0 Å². The van der Waals surface area contributed by atoms with E-state index >= 15 is 0 Å². The predicted octanol–water partition coefficient (Wildman–Crippen LogP) is 4.63. The van der Waals surface area contributed by atoms with E-state index in [-0.39, 0.29) is 11.5 Å². The molecular weight excluding hydrogens is 324 g/mol. The lowest BCUT2D eigenvalue weighted by atomic mass is 10.1. The number of nitrogens with zero attached hydrogens (tertiary/aromatic N) is 2. The Morgan fingerprint density at radius 3 is 2.58 bits per heavy atom. The Bertz CT molecular complexity index is 1110. The fourth-order valence-electron chi connectivity index (χ4n) is 2.85. The minimum Gasteiger partial charge on any atom is -0.508 e. The molecule has 3 aromatic carbocycles. The maximum atomic E-state index is 12.3. The molecule has 126 valence electrons. The first kappa shape index (κ1) is 15.8.